The zero-order valence-corrected chi connectivity index (χ0v) is 9.11. The van der Waals surface area contributed by atoms with Gasteiger partial charge in [-0.05, 0) is 6.92 Å². The topological polar surface area (TPSA) is 85.4 Å². The maximum absolute atomic E-state index is 12.6. The fourth-order valence-electron chi connectivity index (χ4n) is 1.30. The van der Waals surface area contributed by atoms with E-state index >= 15 is 0 Å². The Morgan fingerprint density at radius 2 is 2.29 bits per heavy atom. The number of rotatable bonds is 4. The van der Waals surface area contributed by atoms with Gasteiger partial charge in [0.05, 0.1) is 24.9 Å². The van der Waals surface area contributed by atoms with Gasteiger partial charge >= 0.3 is 5.97 Å². The molecule has 0 bridgehead atoms. The van der Waals surface area contributed by atoms with Gasteiger partial charge in [-0.1, -0.05) is 0 Å². The first-order valence-electron chi connectivity index (χ1n) is 4.87. The van der Waals surface area contributed by atoms with Crippen LogP contribution in [0.1, 0.15) is 24.6 Å². The van der Waals surface area contributed by atoms with Gasteiger partial charge in [-0.25, -0.2) is 8.78 Å². The number of alkyl halides is 2. The van der Waals surface area contributed by atoms with E-state index in [1.165, 1.54) is 0 Å². The molecule has 3 N–H and O–H groups in total. The lowest BCUT2D eigenvalue weighted by atomic mass is 10.1. The Bertz CT molecular complexity index is 424. The average molecular weight is 246 g/mol. The quantitative estimate of drug-likeness (QED) is 0.784. The third-order valence-electron chi connectivity index (χ3n) is 2.07. The molecule has 1 rings (SSSR count). The van der Waals surface area contributed by atoms with Crippen LogP contribution in [-0.2, 0) is 16.0 Å². The van der Waals surface area contributed by atoms with Gasteiger partial charge < -0.3 is 15.6 Å². The monoisotopic (exact) mass is 246 g/mol. The first-order chi connectivity index (χ1) is 7.97. The molecule has 0 aliphatic carbocycles. The number of hydrogen-bond acceptors (Lipinski definition) is 5. The first-order valence-corrected chi connectivity index (χ1v) is 4.87. The Hall–Kier alpha value is -1.92. The summed E-state index contributed by atoms with van der Waals surface area (Å²) in [7, 11) is 0. The van der Waals surface area contributed by atoms with Crippen molar-refractivity contribution in [1.29, 1.82) is 0 Å². The molecule has 0 amide bonds. The lowest BCUT2D eigenvalue weighted by Crippen LogP contribution is -2.12. The largest absolute Gasteiger partial charge is 0.504 e. The standard InChI is InChI=1S/C10H12F2N2O3/c1-2-17-7(16)3-5-8(13)6(15)4-14-9(5)10(11)12/h4,10,15H,2-3H2,1H3,(H2,13,14). The summed E-state index contributed by atoms with van der Waals surface area (Å²) < 4.78 is 29.9. The highest BCUT2D eigenvalue weighted by Crippen LogP contribution is 2.31. The maximum atomic E-state index is 12.6. The minimum Gasteiger partial charge on any atom is -0.504 e. The predicted octanol–water partition coefficient (Wildman–Crippen LogP) is 1.41. The Balaban J connectivity index is 3.10. The molecule has 0 aliphatic rings. The molecule has 5 nitrogen and oxygen atoms in total. The minimum absolute atomic E-state index is 0.134. The van der Waals surface area contributed by atoms with Crippen molar-refractivity contribution in [1.82, 2.24) is 4.98 Å². The molecule has 0 unspecified atom stereocenters. The van der Waals surface area contributed by atoms with Crippen LogP contribution in [0.15, 0.2) is 6.20 Å². The van der Waals surface area contributed by atoms with E-state index in [0.717, 1.165) is 6.20 Å². The first kappa shape index (κ1) is 13.1. The Morgan fingerprint density at radius 3 is 2.82 bits per heavy atom. The summed E-state index contributed by atoms with van der Waals surface area (Å²) in [5.41, 5.74) is 4.35. The van der Waals surface area contributed by atoms with Crippen LogP contribution in [0.4, 0.5) is 14.5 Å². The fraction of sp³-hybridized carbons (Fsp3) is 0.400. The molecule has 1 aromatic rings. The SMILES string of the molecule is CCOC(=O)Cc1c(C(F)F)ncc(O)c1N. The van der Waals surface area contributed by atoms with Gasteiger partial charge in [0.15, 0.2) is 5.75 Å². The Morgan fingerprint density at radius 1 is 1.65 bits per heavy atom. The van der Waals surface area contributed by atoms with E-state index in [2.05, 4.69) is 9.72 Å². The van der Waals surface area contributed by atoms with Crippen LogP contribution < -0.4 is 5.73 Å². The van der Waals surface area contributed by atoms with E-state index in [-0.39, 0.29) is 17.9 Å². The van der Waals surface area contributed by atoms with Crippen LogP contribution >= 0.6 is 0 Å². The van der Waals surface area contributed by atoms with Gasteiger partial charge in [0.25, 0.3) is 6.43 Å². The van der Waals surface area contributed by atoms with Gasteiger partial charge in [0, 0.05) is 5.56 Å². The second-order valence-corrected chi connectivity index (χ2v) is 3.20. The number of aromatic hydroxyl groups is 1. The van der Waals surface area contributed by atoms with Crippen molar-refractivity contribution in [3.8, 4) is 5.75 Å². The van der Waals surface area contributed by atoms with Gasteiger partial charge in [0.1, 0.15) is 5.69 Å². The van der Waals surface area contributed by atoms with Crippen LogP contribution in [0.5, 0.6) is 5.75 Å². The van der Waals surface area contributed by atoms with Gasteiger partial charge in [-0.3, -0.25) is 9.78 Å². The highest BCUT2D eigenvalue weighted by molar-refractivity contribution is 5.76. The summed E-state index contributed by atoms with van der Waals surface area (Å²) in [6.07, 6.45) is -2.49. The zero-order chi connectivity index (χ0) is 13.0. The van der Waals surface area contributed by atoms with Gasteiger partial charge in [0.2, 0.25) is 0 Å². The molecule has 0 saturated carbocycles. The second-order valence-electron chi connectivity index (χ2n) is 3.20. The summed E-state index contributed by atoms with van der Waals surface area (Å²) in [5.74, 6) is -1.14. The van der Waals surface area contributed by atoms with Crippen molar-refractivity contribution in [3.05, 3.63) is 17.5 Å². The van der Waals surface area contributed by atoms with Crippen LogP contribution in [0.2, 0.25) is 0 Å². The van der Waals surface area contributed by atoms with Crippen molar-refractivity contribution in [2.45, 2.75) is 19.8 Å². The number of ether oxygens (including phenoxy) is 1. The number of hydrogen-bond donors (Lipinski definition) is 2. The van der Waals surface area contributed by atoms with Crippen LogP contribution in [0, 0.1) is 0 Å². The Labute approximate surface area is 96.2 Å². The molecule has 0 aromatic carbocycles. The van der Waals surface area contributed by atoms with Crippen molar-refractivity contribution in [2.75, 3.05) is 12.3 Å². The average Bonchev–Trinajstić information content (AvgIpc) is 2.25. The molecule has 0 fully saturated rings. The fourth-order valence-corrected chi connectivity index (χ4v) is 1.30. The van der Waals surface area contributed by atoms with Gasteiger partial charge in [-0.15, -0.1) is 0 Å². The summed E-state index contributed by atoms with van der Waals surface area (Å²) in [5, 5.41) is 9.26. The number of carbonyl (C=O) groups is 1. The molecule has 0 saturated heterocycles. The lowest BCUT2D eigenvalue weighted by Gasteiger charge is -2.11. The van der Waals surface area contributed by atoms with E-state index < -0.39 is 30.3 Å². The van der Waals surface area contributed by atoms with E-state index in [4.69, 9.17) is 5.73 Å². The van der Waals surface area contributed by atoms with Crippen molar-refractivity contribution < 1.29 is 23.4 Å². The number of esters is 1. The summed E-state index contributed by atoms with van der Waals surface area (Å²) in [4.78, 5) is 14.6. The number of halogens is 2. The molecule has 0 spiro atoms. The lowest BCUT2D eigenvalue weighted by molar-refractivity contribution is -0.142. The van der Waals surface area contributed by atoms with Crippen molar-refractivity contribution >= 4 is 11.7 Å². The minimum atomic E-state index is -2.87. The number of anilines is 1. The van der Waals surface area contributed by atoms with Crippen LogP contribution in [0.3, 0.4) is 0 Å². The molecule has 0 aliphatic heterocycles. The third-order valence-corrected chi connectivity index (χ3v) is 2.07. The van der Waals surface area contributed by atoms with E-state index in [0.29, 0.717) is 0 Å². The molecule has 17 heavy (non-hydrogen) atoms. The van der Waals surface area contributed by atoms with Crippen molar-refractivity contribution in [2.24, 2.45) is 0 Å². The number of pyridine rings is 1. The molecule has 7 heteroatoms. The number of nitrogens with two attached hydrogens (primary N) is 1. The number of aromatic nitrogens is 1. The highest BCUT2D eigenvalue weighted by atomic mass is 19.3. The number of nitrogen functional groups attached to an aromatic ring is 1. The highest BCUT2D eigenvalue weighted by Gasteiger charge is 2.21. The molecule has 1 aromatic heterocycles. The van der Waals surface area contributed by atoms with E-state index in [1.54, 1.807) is 6.92 Å². The van der Waals surface area contributed by atoms with Gasteiger partial charge in [-0.2, -0.15) is 0 Å². The van der Waals surface area contributed by atoms with Crippen molar-refractivity contribution in [3.63, 3.8) is 0 Å². The summed E-state index contributed by atoms with van der Waals surface area (Å²) in [6, 6.07) is 0. The van der Waals surface area contributed by atoms with Crippen LogP contribution in [0.25, 0.3) is 0 Å². The van der Waals surface area contributed by atoms with E-state index in [1.807, 2.05) is 0 Å². The zero-order valence-electron chi connectivity index (χ0n) is 9.11. The maximum Gasteiger partial charge on any atom is 0.310 e. The normalized spacial score (nSPS) is 10.6. The molecule has 0 radical (unpaired) electrons. The smallest absolute Gasteiger partial charge is 0.310 e. The second kappa shape index (κ2) is 5.42. The summed E-state index contributed by atoms with van der Waals surface area (Å²) in [6.45, 7) is 1.73. The number of nitrogens with zero attached hydrogens (tertiary/aromatic N) is 1. The number of carbonyl (C=O) groups excluding carboxylic acids is 1. The van der Waals surface area contributed by atoms with E-state index in [9.17, 15) is 18.7 Å². The molecule has 0 atom stereocenters. The molecular weight excluding hydrogens is 234 g/mol. The summed E-state index contributed by atoms with van der Waals surface area (Å²) >= 11 is 0. The molecule has 94 valence electrons. The van der Waals surface area contributed by atoms with Crippen LogP contribution in [-0.4, -0.2) is 22.7 Å². The molecule has 1 heterocycles. The third kappa shape index (κ3) is 3.02. The Kier molecular flexibility index (Phi) is 4.19. The molecular formula is C10H12F2N2O3. The predicted molar refractivity (Wildman–Crippen MR) is 55.6 cm³/mol.